The molecule has 0 saturated carbocycles. The van der Waals surface area contributed by atoms with Crippen LogP contribution in [0.2, 0.25) is 0 Å². The largest absolute Gasteiger partial charge is 0.257 e. The van der Waals surface area contributed by atoms with E-state index in [-0.39, 0.29) is 6.42 Å². The summed E-state index contributed by atoms with van der Waals surface area (Å²) in [7, 11) is 0. The van der Waals surface area contributed by atoms with Crippen molar-refractivity contribution in [2.75, 3.05) is 0 Å². The number of hydrogen-bond donors (Lipinski definition) is 0. The standard InChI is InChI=1S/C11H11F2N/c1-7-5-8-3-2-4-9(6-10(12)13)11(8)14-7/h2-4,10H,5-6H2,1H3. The number of fused-ring (bicyclic) bond motifs is 1. The molecule has 1 nitrogen and oxygen atoms in total. The summed E-state index contributed by atoms with van der Waals surface area (Å²) in [5.74, 6) is 0. The quantitative estimate of drug-likeness (QED) is 0.687. The van der Waals surface area contributed by atoms with Crippen LogP contribution in [0.5, 0.6) is 0 Å². The Balaban J connectivity index is 2.38. The van der Waals surface area contributed by atoms with E-state index in [1.54, 1.807) is 6.07 Å². The molecule has 0 aromatic heterocycles. The first-order valence-corrected chi connectivity index (χ1v) is 4.60. The third-order valence-electron chi connectivity index (χ3n) is 2.33. The van der Waals surface area contributed by atoms with E-state index >= 15 is 0 Å². The van der Waals surface area contributed by atoms with Crippen molar-refractivity contribution in [3.63, 3.8) is 0 Å². The van der Waals surface area contributed by atoms with Crippen molar-refractivity contribution in [3.8, 4) is 0 Å². The van der Waals surface area contributed by atoms with Crippen LogP contribution in [-0.4, -0.2) is 12.1 Å². The van der Waals surface area contributed by atoms with Crippen LogP contribution in [-0.2, 0) is 12.8 Å². The minimum absolute atomic E-state index is 0.194. The lowest BCUT2D eigenvalue weighted by atomic mass is 10.0. The highest BCUT2D eigenvalue weighted by atomic mass is 19.3. The van der Waals surface area contributed by atoms with Crippen LogP contribution in [0.15, 0.2) is 23.2 Å². The van der Waals surface area contributed by atoms with Gasteiger partial charge in [-0.25, -0.2) is 8.78 Å². The smallest absolute Gasteiger partial charge is 0.242 e. The van der Waals surface area contributed by atoms with Crippen molar-refractivity contribution in [2.24, 2.45) is 4.99 Å². The molecule has 0 saturated heterocycles. The molecule has 74 valence electrons. The first kappa shape index (κ1) is 9.31. The zero-order chi connectivity index (χ0) is 10.1. The molecule has 0 N–H and O–H groups in total. The molecule has 0 bridgehead atoms. The number of hydrogen-bond acceptors (Lipinski definition) is 1. The van der Waals surface area contributed by atoms with Gasteiger partial charge in [-0.3, -0.25) is 4.99 Å². The predicted molar refractivity (Wildman–Crippen MR) is 52.6 cm³/mol. The summed E-state index contributed by atoms with van der Waals surface area (Å²) >= 11 is 0. The predicted octanol–water partition coefficient (Wildman–Crippen LogP) is 3.14. The van der Waals surface area contributed by atoms with Gasteiger partial charge < -0.3 is 0 Å². The SMILES string of the molecule is CC1=Nc2c(cccc2CC(F)F)C1. The van der Waals surface area contributed by atoms with Crippen molar-refractivity contribution in [3.05, 3.63) is 29.3 Å². The van der Waals surface area contributed by atoms with Crippen molar-refractivity contribution < 1.29 is 8.78 Å². The topological polar surface area (TPSA) is 12.4 Å². The minimum atomic E-state index is -2.29. The van der Waals surface area contributed by atoms with Gasteiger partial charge in [-0.05, 0) is 18.1 Å². The lowest BCUT2D eigenvalue weighted by Gasteiger charge is -2.04. The molecule has 0 radical (unpaired) electrons. The van der Waals surface area contributed by atoms with Crippen LogP contribution in [0.25, 0.3) is 0 Å². The number of rotatable bonds is 2. The van der Waals surface area contributed by atoms with Gasteiger partial charge in [-0.2, -0.15) is 0 Å². The summed E-state index contributed by atoms with van der Waals surface area (Å²) in [6, 6.07) is 5.50. The van der Waals surface area contributed by atoms with E-state index in [2.05, 4.69) is 4.99 Å². The molecule has 2 rings (SSSR count). The van der Waals surface area contributed by atoms with Crippen molar-refractivity contribution in [1.82, 2.24) is 0 Å². The highest BCUT2D eigenvalue weighted by molar-refractivity contribution is 5.92. The Hall–Kier alpha value is -1.25. The van der Waals surface area contributed by atoms with Crippen molar-refractivity contribution in [2.45, 2.75) is 26.2 Å². The second kappa shape index (κ2) is 3.48. The van der Waals surface area contributed by atoms with Crippen LogP contribution >= 0.6 is 0 Å². The van der Waals surface area contributed by atoms with Crippen LogP contribution in [0.1, 0.15) is 18.1 Å². The Labute approximate surface area is 81.5 Å². The fourth-order valence-corrected chi connectivity index (χ4v) is 1.77. The molecule has 3 heteroatoms. The highest BCUT2D eigenvalue weighted by Gasteiger charge is 2.16. The maximum Gasteiger partial charge on any atom is 0.242 e. The molecule has 0 atom stereocenters. The number of halogens is 2. The molecule has 0 unspecified atom stereocenters. The van der Waals surface area contributed by atoms with E-state index in [9.17, 15) is 8.78 Å². The monoisotopic (exact) mass is 195 g/mol. The maximum absolute atomic E-state index is 12.2. The number of alkyl halides is 2. The molecule has 0 spiro atoms. The number of benzene rings is 1. The molecule has 1 aliphatic rings. The lowest BCUT2D eigenvalue weighted by Crippen LogP contribution is -1.97. The van der Waals surface area contributed by atoms with Crippen LogP contribution in [0.4, 0.5) is 14.5 Å². The molecule has 0 fully saturated rings. The Morgan fingerprint density at radius 1 is 1.43 bits per heavy atom. The second-order valence-corrected chi connectivity index (χ2v) is 3.54. The first-order valence-electron chi connectivity index (χ1n) is 4.60. The fraction of sp³-hybridized carbons (Fsp3) is 0.364. The first-order chi connectivity index (χ1) is 6.66. The van der Waals surface area contributed by atoms with Gasteiger partial charge in [0, 0.05) is 18.6 Å². The van der Waals surface area contributed by atoms with Gasteiger partial charge in [0.25, 0.3) is 0 Å². The van der Waals surface area contributed by atoms with Gasteiger partial charge in [-0.1, -0.05) is 18.2 Å². The molecule has 1 aromatic carbocycles. The Morgan fingerprint density at radius 2 is 2.21 bits per heavy atom. The Morgan fingerprint density at radius 3 is 2.93 bits per heavy atom. The van der Waals surface area contributed by atoms with Crippen LogP contribution in [0.3, 0.4) is 0 Å². The molecule has 1 aliphatic heterocycles. The van der Waals surface area contributed by atoms with Crippen LogP contribution in [0, 0.1) is 0 Å². The summed E-state index contributed by atoms with van der Waals surface area (Å²) in [5.41, 5.74) is 3.50. The number of para-hydroxylation sites is 1. The molecule has 0 aliphatic carbocycles. The zero-order valence-electron chi connectivity index (χ0n) is 7.93. The van der Waals surface area contributed by atoms with Gasteiger partial charge in [0.05, 0.1) is 5.69 Å². The molecule has 14 heavy (non-hydrogen) atoms. The Bertz CT molecular complexity index is 383. The van der Waals surface area contributed by atoms with E-state index in [0.29, 0.717) is 5.56 Å². The summed E-state index contributed by atoms with van der Waals surface area (Å²) in [6.45, 7) is 1.92. The summed E-state index contributed by atoms with van der Waals surface area (Å²) < 4.78 is 24.5. The van der Waals surface area contributed by atoms with Crippen LogP contribution < -0.4 is 0 Å². The molecule has 1 aromatic rings. The third kappa shape index (κ3) is 1.67. The molecule has 1 heterocycles. The van der Waals surface area contributed by atoms with Gasteiger partial charge in [0.2, 0.25) is 6.43 Å². The zero-order valence-corrected chi connectivity index (χ0v) is 7.93. The third-order valence-corrected chi connectivity index (χ3v) is 2.33. The lowest BCUT2D eigenvalue weighted by molar-refractivity contribution is 0.149. The van der Waals surface area contributed by atoms with Gasteiger partial charge >= 0.3 is 0 Å². The van der Waals surface area contributed by atoms with Crippen molar-refractivity contribution >= 4 is 11.4 Å². The van der Waals surface area contributed by atoms with E-state index in [0.717, 1.165) is 23.4 Å². The second-order valence-electron chi connectivity index (χ2n) is 3.54. The molecular weight excluding hydrogens is 184 g/mol. The van der Waals surface area contributed by atoms with Crippen molar-refractivity contribution in [1.29, 1.82) is 0 Å². The summed E-state index contributed by atoms with van der Waals surface area (Å²) in [5, 5.41) is 0. The average Bonchev–Trinajstić information content (AvgIpc) is 2.45. The number of aliphatic imine (C=N–C) groups is 1. The van der Waals surface area contributed by atoms with E-state index in [1.807, 2.05) is 19.1 Å². The average molecular weight is 195 g/mol. The summed E-state index contributed by atoms with van der Waals surface area (Å²) in [6.07, 6.45) is -1.69. The Kier molecular flexibility index (Phi) is 2.32. The van der Waals surface area contributed by atoms with Gasteiger partial charge in [0.15, 0.2) is 0 Å². The highest BCUT2D eigenvalue weighted by Crippen LogP contribution is 2.31. The minimum Gasteiger partial charge on any atom is -0.257 e. The summed E-state index contributed by atoms with van der Waals surface area (Å²) in [4.78, 5) is 4.29. The maximum atomic E-state index is 12.2. The van der Waals surface area contributed by atoms with E-state index in [1.165, 1.54) is 0 Å². The number of nitrogens with zero attached hydrogens (tertiary/aromatic N) is 1. The van der Waals surface area contributed by atoms with E-state index in [4.69, 9.17) is 0 Å². The van der Waals surface area contributed by atoms with E-state index < -0.39 is 6.43 Å². The van der Waals surface area contributed by atoms with Gasteiger partial charge in [-0.15, -0.1) is 0 Å². The fourth-order valence-electron chi connectivity index (χ4n) is 1.77. The molecule has 0 amide bonds. The molecular formula is C11H11F2N. The van der Waals surface area contributed by atoms with Gasteiger partial charge in [0.1, 0.15) is 0 Å². The normalized spacial score (nSPS) is 14.4.